The molecule has 102 valence electrons. The van der Waals surface area contributed by atoms with E-state index in [0.29, 0.717) is 12.0 Å². The Labute approximate surface area is 110 Å². The minimum absolute atomic E-state index is 0.114. The zero-order chi connectivity index (χ0) is 13.0. The van der Waals surface area contributed by atoms with Gasteiger partial charge in [-0.1, -0.05) is 26.7 Å². The highest BCUT2D eigenvalue weighted by atomic mass is 16.3. The lowest BCUT2D eigenvalue weighted by molar-refractivity contribution is 0.0694. The Balaban J connectivity index is 1.97. The van der Waals surface area contributed by atoms with Gasteiger partial charge in [-0.3, -0.25) is 4.68 Å². The van der Waals surface area contributed by atoms with E-state index in [-0.39, 0.29) is 6.10 Å². The van der Waals surface area contributed by atoms with Gasteiger partial charge in [0.05, 0.1) is 17.8 Å². The van der Waals surface area contributed by atoms with Gasteiger partial charge in [0, 0.05) is 6.20 Å². The van der Waals surface area contributed by atoms with Gasteiger partial charge in [-0.2, -0.15) is 5.10 Å². The number of nitrogens with zero attached hydrogens (tertiary/aromatic N) is 2. The highest BCUT2D eigenvalue weighted by Gasteiger charge is 2.24. The van der Waals surface area contributed by atoms with E-state index in [0.717, 1.165) is 37.8 Å². The number of rotatable bonds is 5. The lowest BCUT2D eigenvalue weighted by Crippen LogP contribution is -2.26. The number of aliphatic hydroxyl groups excluding tert-OH is 1. The molecule has 0 saturated heterocycles. The average Bonchev–Trinajstić information content (AvgIpc) is 2.82. The van der Waals surface area contributed by atoms with Crippen LogP contribution in [0.25, 0.3) is 0 Å². The lowest BCUT2D eigenvalue weighted by Gasteiger charge is -2.26. The molecule has 1 saturated carbocycles. The van der Waals surface area contributed by atoms with E-state index in [1.165, 1.54) is 12.8 Å². The monoisotopic (exact) mass is 250 g/mol. The maximum absolute atomic E-state index is 10.0. The largest absolute Gasteiger partial charge is 0.393 e. The average molecular weight is 250 g/mol. The van der Waals surface area contributed by atoms with Crippen LogP contribution in [0.5, 0.6) is 0 Å². The molecule has 1 aromatic rings. The zero-order valence-corrected chi connectivity index (χ0v) is 11.7. The van der Waals surface area contributed by atoms with E-state index < -0.39 is 0 Å². The van der Waals surface area contributed by atoms with E-state index in [4.69, 9.17) is 0 Å². The van der Waals surface area contributed by atoms with Crippen molar-refractivity contribution < 1.29 is 5.11 Å². The quantitative estimate of drug-likeness (QED) is 0.870. The third-order valence-corrected chi connectivity index (χ3v) is 4.32. The fourth-order valence-corrected chi connectivity index (χ4v) is 3.05. The number of hydrogen-bond donors (Lipinski definition) is 1. The van der Waals surface area contributed by atoms with Crippen LogP contribution < -0.4 is 0 Å². The molecule has 1 fully saturated rings. The third kappa shape index (κ3) is 3.14. The van der Waals surface area contributed by atoms with Crippen LogP contribution in [0.3, 0.4) is 0 Å². The highest BCUT2D eigenvalue weighted by molar-refractivity contribution is 5.02. The second kappa shape index (κ2) is 6.37. The Morgan fingerprint density at radius 2 is 2.06 bits per heavy atom. The van der Waals surface area contributed by atoms with E-state index >= 15 is 0 Å². The van der Waals surface area contributed by atoms with Crippen molar-refractivity contribution >= 4 is 0 Å². The van der Waals surface area contributed by atoms with Crippen molar-refractivity contribution in [2.24, 2.45) is 5.92 Å². The molecule has 0 spiro atoms. The van der Waals surface area contributed by atoms with Crippen molar-refractivity contribution in [1.29, 1.82) is 0 Å². The first-order valence-electron chi connectivity index (χ1n) is 7.46. The first-order valence-corrected chi connectivity index (χ1v) is 7.46. The molecule has 2 rings (SSSR count). The summed E-state index contributed by atoms with van der Waals surface area (Å²) in [6.07, 6.45) is 9.74. The Kier molecular flexibility index (Phi) is 4.81. The zero-order valence-electron chi connectivity index (χ0n) is 11.7. The van der Waals surface area contributed by atoms with Gasteiger partial charge in [0.2, 0.25) is 0 Å². The number of aliphatic hydroxyl groups is 1. The fourth-order valence-electron chi connectivity index (χ4n) is 3.05. The van der Waals surface area contributed by atoms with Crippen LogP contribution in [0.1, 0.15) is 64.1 Å². The van der Waals surface area contributed by atoms with Crippen molar-refractivity contribution in [3.63, 3.8) is 0 Å². The molecule has 0 aliphatic heterocycles. The summed E-state index contributed by atoms with van der Waals surface area (Å²) in [6, 6.07) is 2.65. The summed E-state index contributed by atoms with van der Waals surface area (Å²) in [4.78, 5) is 0. The van der Waals surface area contributed by atoms with Gasteiger partial charge in [-0.25, -0.2) is 0 Å². The molecule has 3 heteroatoms. The summed E-state index contributed by atoms with van der Waals surface area (Å²) in [5.41, 5.74) is 1.15. The van der Waals surface area contributed by atoms with E-state index in [2.05, 4.69) is 35.9 Å². The van der Waals surface area contributed by atoms with Crippen molar-refractivity contribution in [2.75, 3.05) is 0 Å². The van der Waals surface area contributed by atoms with Crippen LogP contribution in [0, 0.1) is 5.92 Å². The maximum Gasteiger partial charge on any atom is 0.0628 e. The van der Waals surface area contributed by atoms with E-state index in [1.807, 2.05) is 0 Å². The van der Waals surface area contributed by atoms with Gasteiger partial charge in [-0.15, -0.1) is 0 Å². The van der Waals surface area contributed by atoms with E-state index in [9.17, 15) is 5.11 Å². The summed E-state index contributed by atoms with van der Waals surface area (Å²) in [5, 5.41) is 14.7. The van der Waals surface area contributed by atoms with Crippen molar-refractivity contribution in [1.82, 2.24) is 9.78 Å². The molecule has 2 unspecified atom stereocenters. The normalized spacial score (nSPS) is 24.7. The third-order valence-electron chi connectivity index (χ3n) is 4.32. The fraction of sp³-hybridized carbons (Fsp3) is 0.800. The number of hydrogen-bond acceptors (Lipinski definition) is 2. The summed E-state index contributed by atoms with van der Waals surface area (Å²) < 4.78 is 2.10. The van der Waals surface area contributed by atoms with Crippen molar-refractivity contribution in [3.05, 3.63) is 18.0 Å². The first kappa shape index (κ1) is 13.6. The predicted molar refractivity (Wildman–Crippen MR) is 73.5 cm³/mol. The topological polar surface area (TPSA) is 38.0 Å². The maximum atomic E-state index is 10.0. The molecule has 1 aromatic heterocycles. The first-order chi connectivity index (χ1) is 8.74. The molecule has 3 nitrogen and oxygen atoms in total. The molecule has 2 atom stereocenters. The van der Waals surface area contributed by atoms with Gasteiger partial charge in [0.25, 0.3) is 0 Å². The Morgan fingerprint density at radius 1 is 1.33 bits per heavy atom. The highest BCUT2D eigenvalue weighted by Crippen LogP contribution is 2.27. The minimum atomic E-state index is -0.114. The molecule has 18 heavy (non-hydrogen) atoms. The SMILES string of the molecule is CCC(CC)n1ccc(CC2CCCCC2O)n1. The standard InChI is InChI=1S/C15H26N2O/c1-3-14(4-2)17-10-9-13(16-17)11-12-7-5-6-8-15(12)18/h9-10,12,14-15,18H,3-8,11H2,1-2H3. The molecule has 0 amide bonds. The van der Waals surface area contributed by atoms with Crippen LogP contribution in [-0.2, 0) is 6.42 Å². The van der Waals surface area contributed by atoms with Gasteiger partial charge >= 0.3 is 0 Å². The van der Waals surface area contributed by atoms with Crippen molar-refractivity contribution in [2.45, 2.75) is 70.9 Å². The van der Waals surface area contributed by atoms with Crippen LogP contribution in [0.15, 0.2) is 12.3 Å². The van der Waals surface area contributed by atoms with Gasteiger partial charge in [0.1, 0.15) is 0 Å². The van der Waals surface area contributed by atoms with Crippen molar-refractivity contribution in [3.8, 4) is 0 Å². The summed E-state index contributed by atoms with van der Waals surface area (Å²) in [7, 11) is 0. The molecule has 0 radical (unpaired) electrons. The van der Waals surface area contributed by atoms with Gasteiger partial charge in [-0.05, 0) is 44.1 Å². The van der Waals surface area contributed by atoms with Crippen LogP contribution in [0.4, 0.5) is 0 Å². The lowest BCUT2D eigenvalue weighted by atomic mass is 9.84. The Hall–Kier alpha value is -0.830. The minimum Gasteiger partial charge on any atom is -0.393 e. The molecule has 0 aromatic carbocycles. The Bertz CT molecular complexity index is 357. The summed E-state index contributed by atoms with van der Waals surface area (Å²) in [6.45, 7) is 4.42. The second-order valence-corrected chi connectivity index (χ2v) is 5.57. The molecule has 1 aliphatic rings. The predicted octanol–water partition coefficient (Wildman–Crippen LogP) is 3.34. The molecular weight excluding hydrogens is 224 g/mol. The van der Waals surface area contributed by atoms with Crippen LogP contribution in [0.2, 0.25) is 0 Å². The van der Waals surface area contributed by atoms with Gasteiger partial charge < -0.3 is 5.11 Å². The van der Waals surface area contributed by atoms with Crippen LogP contribution in [-0.4, -0.2) is 21.0 Å². The van der Waals surface area contributed by atoms with E-state index in [1.54, 1.807) is 0 Å². The molecule has 0 bridgehead atoms. The summed E-state index contributed by atoms with van der Waals surface area (Å²) >= 11 is 0. The molecule has 1 aliphatic carbocycles. The summed E-state index contributed by atoms with van der Waals surface area (Å²) in [5.74, 6) is 0.420. The molecule has 1 heterocycles. The number of aromatic nitrogens is 2. The smallest absolute Gasteiger partial charge is 0.0628 e. The molecular formula is C15H26N2O. The Morgan fingerprint density at radius 3 is 2.72 bits per heavy atom. The van der Waals surface area contributed by atoms with Crippen LogP contribution >= 0.6 is 0 Å². The second-order valence-electron chi connectivity index (χ2n) is 5.57. The van der Waals surface area contributed by atoms with Gasteiger partial charge in [0.15, 0.2) is 0 Å². The molecule has 1 N–H and O–H groups in total.